The lowest BCUT2D eigenvalue weighted by Gasteiger charge is -2.36. The van der Waals surface area contributed by atoms with Gasteiger partial charge in [-0.15, -0.1) is 11.3 Å². The fraction of sp³-hybridized carbons (Fsp3) is 0.517. The molecule has 2 aliphatic heterocycles. The lowest BCUT2D eigenvalue weighted by Crippen LogP contribution is -2.49. The summed E-state index contributed by atoms with van der Waals surface area (Å²) in [6, 6.07) is 11.8. The molecule has 3 aliphatic rings. The van der Waals surface area contributed by atoms with E-state index >= 15 is 4.39 Å². The first-order chi connectivity index (χ1) is 18.0. The average Bonchev–Trinajstić information content (AvgIpc) is 3.57. The first kappa shape index (κ1) is 25.7. The number of halogens is 1. The third kappa shape index (κ3) is 6.90. The molecular weight excluding hydrogens is 487 g/mol. The predicted molar refractivity (Wildman–Crippen MR) is 144 cm³/mol. The van der Waals surface area contributed by atoms with E-state index in [2.05, 4.69) is 33.4 Å². The van der Waals surface area contributed by atoms with Gasteiger partial charge < -0.3 is 20.3 Å². The Kier molecular flexibility index (Phi) is 8.10. The highest BCUT2D eigenvalue weighted by molar-refractivity contribution is 7.12. The maximum absolute atomic E-state index is 15.4. The van der Waals surface area contributed by atoms with Crippen LogP contribution in [0.2, 0.25) is 0 Å². The third-order valence-electron chi connectivity index (χ3n) is 7.61. The van der Waals surface area contributed by atoms with Gasteiger partial charge in [-0.25, -0.2) is 14.0 Å². The van der Waals surface area contributed by atoms with Crippen molar-refractivity contribution in [2.75, 3.05) is 39.3 Å². The van der Waals surface area contributed by atoms with Crippen LogP contribution in [0.4, 0.5) is 14.9 Å². The van der Waals surface area contributed by atoms with Gasteiger partial charge in [-0.2, -0.15) is 0 Å². The summed E-state index contributed by atoms with van der Waals surface area (Å²) in [6.07, 6.45) is 3.47. The van der Waals surface area contributed by atoms with E-state index in [4.69, 9.17) is 11.3 Å². The van der Waals surface area contributed by atoms with Crippen molar-refractivity contribution in [1.29, 1.82) is 0 Å². The number of ether oxygens (including phenoxy) is 1. The Hall–Kier alpha value is -2.91. The molecule has 3 heterocycles. The van der Waals surface area contributed by atoms with Crippen molar-refractivity contribution in [3.8, 4) is 11.8 Å². The molecule has 2 atom stereocenters. The summed E-state index contributed by atoms with van der Waals surface area (Å²) in [4.78, 5) is 19.8. The molecule has 6 nitrogen and oxygen atoms in total. The Balaban J connectivity index is 1.03. The smallest absolute Gasteiger partial charge is 0.409 e. The minimum absolute atomic E-state index is 0.293. The summed E-state index contributed by atoms with van der Waals surface area (Å²) in [5, 5.41) is 6.75. The number of benzene rings is 1. The molecule has 2 unspecified atom stereocenters. The van der Waals surface area contributed by atoms with Gasteiger partial charge in [0.2, 0.25) is 0 Å². The lowest BCUT2D eigenvalue weighted by atomic mass is 9.93. The van der Waals surface area contributed by atoms with Crippen molar-refractivity contribution < 1.29 is 13.9 Å². The predicted octanol–water partition coefficient (Wildman–Crippen LogP) is 5.08. The van der Waals surface area contributed by atoms with Crippen molar-refractivity contribution >= 4 is 23.1 Å². The summed E-state index contributed by atoms with van der Waals surface area (Å²) in [5.74, 6) is 7.21. The standard InChI is InChI=1S/C29H33FN4O2S/c1-31-23-5-2-21(3-6-23)4-7-24-8-9-27(37-24)25-18-26(25)33-20-29(30)12-16-34(17-13-29)28(35)36-19-22-10-14-32-15-11-22/h2-3,5-6,8-9,22,25-26,32-33H,10-20H2. The summed E-state index contributed by atoms with van der Waals surface area (Å²) in [7, 11) is 0. The molecule has 5 rings (SSSR count). The Morgan fingerprint density at radius 1 is 1.19 bits per heavy atom. The molecule has 37 heavy (non-hydrogen) atoms. The van der Waals surface area contributed by atoms with Gasteiger partial charge in [0.25, 0.3) is 0 Å². The second-order valence-electron chi connectivity index (χ2n) is 10.3. The van der Waals surface area contributed by atoms with E-state index in [-0.39, 0.29) is 6.09 Å². The molecule has 194 valence electrons. The number of hydrogen-bond acceptors (Lipinski definition) is 5. The summed E-state index contributed by atoms with van der Waals surface area (Å²) < 4.78 is 21.0. The largest absolute Gasteiger partial charge is 0.449 e. The van der Waals surface area contributed by atoms with Crippen molar-refractivity contribution in [2.24, 2.45) is 5.92 Å². The Bertz CT molecular complexity index is 1180. The van der Waals surface area contributed by atoms with Gasteiger partial charge in [0, 0.05) is 54.9 Å². The van der Waals surface area contributed by atoms with E-state index in [0.717, 1.165) is 42.8 Å². The van der Waals surface area contributed by atoms with E-state index in [1.165, 1.54) is 4.88 Å². The number of thiophene rings is 1. The van der Waals surface area contributed by atoms with Crippen molar-refractivity contribution in [2.45, 2.75) is 49.7 Å². The normalized spacial score (nSPS) is 23.0. The molecule has 1 amide bonds. The number of rotatable bonds is 6. The van der Waals surface area contributed by atoms with Crippen LogP contribution in [0.1, 0.15) is 53.3 Å². The fourth-order valence-electron chi connectivity index (χ4n) is 5.02. The van der Waals surface area contributed by atoms with E-state index in [1.54, 1.807) is 28.4 Å². The molecular formula is C29H33FN4O2S. The number of alkyl halides is 1. The van der Waals surface area contributed by atoms with Crippen LogP contribution in [0.3, 0.4) is 0 Å². The maximum atomic E-state index is 15.4. The van der Waals surface area contributed by atoms with Gasteiger partial charge in [0.05, 0.1) is 18.1 Å². The van der Waals surface area contributed by atoms with Crippen LogP contribution in [0, 0.1) is 24.3 Å². The van der Waals surface area contributed by atoms with Crippen LogP contribution in [-0.2, 0) is 4.74 Å². The minimum atomic E-state index is -1.28. The molecule has 1 aromatic carbocycles. The molecule has 1 saturated carbocycles. The van der Waals surface area contributed by atoms with E-state index in [9.17, 15) is 4.79 Å². The topological polar surface area (TPSA) is 58.0 Å². The second kappa shape index (κ2) is 11.6. The number of amides is 1. The Morgan fingerprint density at radius 2 is 1.95 bits per heavy atom. The van der Waals surface area contributed by atoms with E-state index in [0.29, 0.717) is 62.6 Å². The zero-order valence-electron chi connectivity index (χ0n) is 21.0. The number of carbonyl (C=O) groups is 1. The highest BCUT2D eigenvalue weighted by Crippen LogP contribution is 2.44. The highest BCUT2D eigenvalue weighted by atomic mass is 32.1. The van der Waals surface area contributed by atoms with Gasteiger partial charge in [-0.1, -0.05) is 36.1 Å². The van der Waals surface area contributed by atoms with Gasteiger partial charge in [-0.3, -0.25) is 0 Å². The molecule has 1 aliphatic carbocycles. The molecule has 0 spiro atoms. The van der Waals surface area contributed by atoms with Crippen molar-refractivity contribution in [3.63, 3.8) is 0 Å². The van der Waals surface area contributed by atoms with Gasteiger partial charge in [0.1, 0.15) is 5.67 Å². The number of likely N-dealkylation sites (tertiary alicyclic amines) is 1. The van der Waals surface area contributed by atoms with Crippen LogP contribution in [0.25, 0.3) is 4.85 Å². The first-order valence-corrected chi connectivity index (χ1v) is 14.0. The minimum Gasteiger partial charge on any atom is -0.449 e. The van der Waals surface area contributed by atoms with Crippen molar-refractivity contribution in [3.05, 3.63) is 63.1 Å². The number of piperidine rings is 2. The number of carbonyl (C=O) groups excluding carboxylic acids is 1. The fourth-order valence-corrected chi connectivity index (χ4v) is 6.06. The van der Waals surface area contributed by atoms with Crippen LogP contribution >= 0.6 is 11.3 Å². The zero-order chi connectivity index (χ0) is 25.7. The van der Waals surface area contributed by atoms with Crippen LogP contribution < -0.4 is 10.6 Å². The first-order valence-electron chi connectivity index (χ1n) is 13.2. The summed E-state index contributed by atoms with van der Waals surface area (Å²) in [6.45, 7) is 10.6. The van der Waals surface area contributed by atoms with E-state index < -0.39 is 5.67 Å². The lowest BCUT2D eigenvalue weighted by molar-refractivity contribution is 0.0362. The SMILES string of the molecule is [C-]#[N+]c1ccc(C#Cc2ccc(C3CC3NCC3(F)CCN(C(=O)OCC4CCNCC4)CC3)s2)cc1. The molecule has 3 fully saturated rings. The van der Waals surface area contributed by atoms with Crippen LogP contribution in [0.5, 0.6) is 0 Å². The van der Waals surface area contributed by atoms with Crippen LogP contribution in [0.15, 0.2) is 36.4 Å². The van der Waals surface area contributed by atoms with Gasteiger partial charge >= 0.3 is 6.09 Å². The number of nitrogens with zero attached hydrogens (tertiary/aromatic N) is 2. The van der Waals surface area contributed by atoms with Gasteiger partial charge in [-0.05, 0) is 50.4 Å². The van der Waals surface area contributed by atoms with Crippen molar-refractivity contribution in [1.82, 2.24) is 15.5 Å². The summed E-state index contributed by atoms with van der Waals surface area (Å²) >= 11 is 1.70. The number of hydrogen-bond donors (Lipinski definition) is 2. The molecule has 8 heteroatoms. The Morgan fingerprint density at radius 3 is 2.68 bits per heavy atom. The highest BCUT2D eigenvalue weighted by Gasteiger charge is 2.42. The molecule has 2 aromatic rings. The average molecular weight is 521 g/mol. The van der Waals surface area contributed by atoms with E-state index in [1.807, 2.05) is 18.2 Å². The summed E-state index contributed by atoms with van der Waals surface area (Å²) in [5.41, 5.74) is 0.221. The number of nitrogens with one attached hydrogen (secondary N) is 2. The molecule has 1 aromatic heterocycles. The Labute approximate surface area is 222 Å². The molecule has 0 bridgehead atoms. The van der Waals surface area contributed by atoms with Crippen LogP contribution in [-0.4, -0.2) is 62.0 Å². The molecule has 0 radical (unpaired) electrons. The molecule has 2 N–H and O–H groups in total. The molecule has 2 saturated heterocycles. The quantitative estimate of drug-likeness (QED) is 0.412. The second-order valence-corrected chi connectivity index (χ2v) is 11.5. The van der Waals surface area contributed by atoms with Gasteiger partial charge in [0.15, 0.2) is 5.69 Å². The maximum Gasteiger partial charge on any atom is 0.409 e. The third-order valence-corrected chi connectivity index (χ3v) is 8.74. The zero-order valence-corrected chi connectivity index (χ0v) is 21.8. The monoisotopic (exact) mass is 520 g/mol.